The summed E-state index contributed by atoms with van der Waals surface area (Å²) in [4.78, 5) is 0. The van der Waals surface area contributed by atoms with E-state index in [-0.39, 0.29) is 12.2 Å². The van der Waals surface area contributed by atoms with Gasteiger partial charge in [-0.05, 0) is 51.1 Å². The minimum Gasteiger partial charge on any atom is -0.455 e. The van der Waals surface area contributed by atoms with Gasteiger partial charge in [0.1, 0.15) is 0 Å². The first-order chi connectivity index (χ1) is 10.9. The van der Waals surface area contributed by atoms with Crippen molar-refractivity contribution in [3.63, 3.8) is 0 Å². The zero-order chi connectivity index (χ0) is 16.8. The molecule has 2 atom stereocenters. The van der Waals surface area contributed by atoms with Crippen LogP contribution < -0.4 is 0 Å². The number of hydrogen-bond acceptors (Lipinski definition) is 5. The average Bonchev–Trinajstić information content (AvgIpc) is 2.52. The fourth-order valence-corrected chi connectivity index (χ4v) is 12.1. The Labute approximate surface area is 143 Å². The summed E-state index contributed by atoms with van der Waals surface area (Å²) in [6, 6.07) is 2.28. The summed E-state index contributed by atoms with van der Waals surface area (Å²) >= 11 is 0. The molecule has 0 aromatic rings. The van der Waals surface area contributed by atoms with Crippen molar-refractivity contribution in [3.8, 4) is 0 Å². The topological polar surface area (TPSA) is 46.2 Å². The molecule has 0 aromatic heterocycles. The predicted octanol–water partition coefficient (Wildman–Crippen LogP) is 3.02. The Morgan fingerprint density at radius 2 is 1.17 bits per heavy atom. The molecule has 2 fully saturated rings. The molecule has 2 rings (SSSR count). The molecule has 2 aliphatic rings. The third-order valence-corrected chi connectivity index (χ3v) is 11.9. The van der Waals surface area contributed by atoms with Crippen molar-refractivity contribution < 1.29 is 23.1 Å². The maximum Gasteiger partial charge on any atom is 0.173 e. The van der Waals surface area contributed by atoms with Gasteiger partial charge < -0.3 is 23.1 Å². The molecule has 0 saturated carbocycles. The summed E-state index contributed by atoms with van der Waals surface area (Å²) in [5.74, 6) is 0. The first-order valence-corrected chi connectivity index (χ1v) is 15.2. The van der Waals surface area contributed by atoms with Gasteiger partial charge in [0.15, 0.2) is 16.6 Å². The Morgan fingerprint density at radius 3 is 1.52 bits per heavy atom. The van der Waals surface area contributed by atoms with Crippen LogP contribution in [0.5, 0.6) is 0 Å². The van der Waals surface area contributed by atoms with Gasteiger partial charge >= 0.3 is 0 Å². The lowest BCUT2D eigenvalue weighted by Crippen LogP contribution is -2.45. The zero-order valence-electron chi connectivity index (χ0n) is 15.3. The van der Waals surface area contributed by atoms with Crippen LogP contribution in [0.15, 0.2) is 0 Å². The van der Waals surface area contributed by atoms with Gasteiger partial charge in [-0.1, -0.05) is 0 Å². The van der Waals surface area contributed by atoms with E-state index in [0.29, 0.717) is 0 Å². The summed E-state index contributed by atoms with van der Waals surface area (Å²) in [6.07, 6.45) is 2.64. The summed E-state index contributed by atoms with van der Waals surface area (Å²) in [7, 11) is -3.31. The van der Waals surface area contributed by atoms with Gasteiger partial charge in [-0.2, -0.15) is 0 Å². The van der Waals surface area contributed by atoms with Crippen LogP contribution in [0.2, 0.25) is 38.3 Å². The quantitative estimate of drug-likeness (QED) is 0.621. The molecule has 7 heteroatoms. The summed E-state index contributed by atoms with van der Waals surface area (Å²) < 4.78 is 29.2. The molecular formula is C16H34O5Si2. The first-order valence-electron chi connectivity index (χ1n) is 8.95. The fraction of sp³-hybridized carbons (Fsp3) is 1.00. The Bertz CT molecular complexity index is 307. The first kappa shape index (κ1) is 19.6. The minimum absolute atomic E-state index is 0.261. The molecule has 0 N–H and O–H groups in total. The molecule has 2 aliphatic heterocycles. The largest absolute Gasteiger partial charge is 0.455 e. The second-order valence-corrected chi connectivity index (χ2v) is 16.7. The average molecular weight is 363 g/mol. The van der Waals surface area contributed by atoms with Crippen LogP contribution in [0.3, 0.4) is 0 Å². The van der Waals surface area contributed by atoms with E-state index >= 15 is 0 Å². The molecule has 2 unspecified atom stereocenters. The molecule has 136 valence electrons. The van der Waals surface area contributed by atoms with E-state index in [2.05, 4.69) is 26.2 Å². The Hall–Kier alpha value is 0.234. The predicted molar refractivity (Wildman–Crippen MR) is 96.0 cm³/mol. The highest BCUT2D eigenvalue weighted by molar-refractivity contribution is 6.84. The number of ether oxygens (including phenoxy) is 4. The van der Waals surface area contributed by atoms with E-state index in [4.69, 9.17) is 23.1 Å². The van der Waals surface area contributed by atoms with E-state index in [1.165, 1.54) is 0 Å². The van der Waals surface area contributed by atoms with Crippen LogP contribution in [0, 0.1) is 0 Å². The number of rotatable bonds is 8. The van der Waals surface area contributed by atoms with Crippen molar-refractivity contribution >= 4 is 16.6 Å². The molecule has 0 spiro atoms. The molecule has 2 saturated heterocycles. The highest BCUT2D eigenvalue weighted by atomic mass is 28.4. The van der Waals surface area contributed by atoms with Gasteiger partial charge in [-0.15, -0.1) is 0 Å². The van der Waals surface area contributed by atoms with E-state index in [1.807, 2.05) is 0 Å². The van der Waals surface area contributed by atoms with Gasteiger partial charge in [0, 0.05) is 0 Å². The van der Waals surface area contributed by atoms with Crippen molar-refractivity contribution in [1.82, 2.24) is 0 Å². The number of hydrogen-bond donors (Lipinski definition) is 0. The van der Waals surface area contributed by atoms with Crippen LogP contribution in [0.25, 0.3) is 0 Å². The molecule has 0 radical (unpaired) electrons. The van der Waals surface area contributed by atoms with Crippen molar-refractivity contribution in [2.24, 2.45) is 0 Å². The zero-order valence-corrected chi connectivity index (χ0v) is 17.3. The normalized spacial score (nSPS) is 27.1. The smallest absolute Gasteiger partial charge is 0.173 e. The van der Waals surface area contributed by atoms with Gasteiger partial charge in [0.05, 0.1) is 51.8 Å². The van der Waals surface area contributed by atoms with Crippen LogP contribution >= 0.6 is 0 Å². The second-order valence-electron chi connectivity index (χ2n) is 7.83. The van der Waals surface area contributed by atoms with Crippen LogP contribution in [0.4, 0.5) is 0 Å². The lowest BCUT2D eigenvalue weighted by Gasteiger charge is -2.36. The van der Waals surface area contributed by atoms with E-state index in [9.17, 15) is 0 Å². The lowest BCUT2D eigenvalue weighted by atomic mass is 10.3. The van der Waals surface area contributed by atoms with E-state index < -0.39 is 16.6 Å². The molecule has 5 nitrogen and oxygen atoms in total. The molecule has 0 aromatic carbocycles. The van der Waals surface area contributed by atoms with Gasteiger partial charge in [0.2, 0.25) is 0 Å². The van der Waals surface area contributed by atoms with Gasteiger partial charge in [0.25, 0.3) is 0 Å². The molecule has 0 amide bonds. The summed E-state index contributed by atoms with van der Waals surface area (Å²) in [6.45, 7) is 13.8. The third-order valence-electron chi connectivity index (χ3n) is 4.46. The molecule has 23 heavy (non-hydrogen) atoms. The Kier molecular flexibility index (Phi) is 7.72. The van der Waals surface area contributed by atoms with Crippen molar-refractivity contribution in [2.45, 2.75) is 63.3 Å². The molecular weight excluding hydrogens is 328 g/mol. The van der Waals surface area contributed by atoms with E-state index in [0.717, 1.165) is 64.6 Å². The third kappa shape index (κ3) is 7.77. The SMILES string of the molecule is C[Si](C)(CCC1COCCO1)O[Si](C)(C)CCC1COCCO1. The maximum absolute atomic E-state index is 6.69. The van der Waals surface area contributed by atoms with Crippen LogP contribution in [0.1, 0.15) is 12.8 Å². The molecule has 0 bridgehead atoms. The minimum atomic E-state index is -1.66. The lowest BCUT2D eigenvalue weighted by molar-refractivity contribution is -0.0891. The van der Waals surface area contributed by atoms with Gasteiger partial charge in [-0.25, -0.2) is 0 Å². The Morgan fingerprint density at radius 1 is 0.739 bits per heavy atom. The highest BCUT2D eigenvalue weighted by Gasteiger charge is 2.34. The van der Waals surface area contributed by atoms with Crippen LogP contribution in [-0.2, 0) is 23.1 Å². The van der Waals surface area contributed by atoms with Crippen LogP contribution in [-0.4, -0.2) is 68.5 Å². The maximum atomic E-state index is 6.69. The summed E-state index contributed by atoms with van der Waals surface area (Å²) in [5, 5.41) is 0. The standard InChI is InChI=1S/C16H34O5Si2/c1-22(2,11-5-15-13-17-7-9-19-15)21-23(3,4)12-6-16-14-18-8-10-20-16/h15-16H,5-14H2,1-4H3. The molecule has 2 heterocycles. The van der Waals surface area contributed by atoms with Crippen molar-refractivity contribution in [3.05, 3.63) is 0 Å². The van der Waals surface area contributed by atoms with Crippen molar-refractivity contribution in [2.75, 3.05) is 39.6 Å². The Balaban J connectivity index is 1.70. The summed E-state index contributed by atoms with van der Waals surface area (Å²) in [5.41, 5.74) is 0. The van der Waals surface area contributed by atoms with E-state index in [1.54, 1.807) is 0 Å². The molecule has 0 aliphatic carbocycles. The second kappa shape index (κ2) is 9.08. The monoisotopic (exact) mass is 362 g/mol. The van der Waals surface area contributed by atoms with Gasteiger partial charge in [-0.3, -0.25) is 0 Å². The highest BCUT2D eigenvalue weighted by Crippen LogP contribution is 2.26. The van der Waals surface area contributed by atoms with Crippen molar-refractivity contribution in [1.29, 1.82) is 0 Å². The fourth-order valence-electron chi connectivity index (χ4n) is 3.27.